The Morgan fingerprint density at radius 2 is 2.15 bits per heavy atom. The highest BCUT2D eigenvalue weighted by molar-refractivity contribution is 9.10. The summed E-state index contributed by atoms with van der Waals surface area (Å²) in [6.07, 6.45) is 0.237. The van der Waals surface area contributed by atoms with Crippen LogP contribution in [0, 0.1) is 0 Å². The predicted molar refractivity (Wildman–Crippen MR) is 53.4 cm³/mol. The Balaban J connectivity index is 2.45. The summed E-state index contributed by atoms with van der Waals surface area (Å²) in [6, 6.07) is 7.46. The number of nitrogens with two attached hydrogens (primary N) is 1. The number of benzene rings is 1. The van der Waals surface area contributed by atoms with Gasteiger partial charge in [0.15, 0.2) is 0 Å². The highest BCUT2D eigenvalue weighted by Crippen LogP contribution is 2.23. The molecule has 70 valence electrons. The Kier molecular flexibility index (Phi) is 3.76. The minimum absolute atomic E-state index is 0.237. The van der Waals surface area contributed by atoms with Crippen LogP contribution in [0.15, 0.2) is 28.7 Å². The Labute approximate surface area is 85.0 Å². The Hall–Kier alpha value is -1.03. The Morgan fingerprint density at radius 1 is 1.46 bits per heavy atom. The SMILES string of the molecule is NC(=O)CCOc1ccccc1Br. The summed E-state index contributed by atoms with van der Waals surface area (Å²) in [7, 11) is 0. The van der Waals surface area contributed by atoms with Gasteiger partial charge in [0.25, 0.3) is 0 Å². The van der Waals surface area contributed by atoms with Gasteiger partial charge in [-0.15, -0.1) is 0 Å². The van der Waals surface area contributed by atoms with E-state index in [0.29, 0.717) is 6.61 Å². The molecule has 0 radical (unpaired) electrons. The van der Waals surface area contributed by atoms with Gasteiger partial charge in [-0.05, 0) is 28.1 Å². The molecule has 3 nitrogen and oxygen atoms in total. The second-order valence-corrected chi connectivity index (χ2v) is 3.35. The van der Waals surface area contributed by atoms with Crippen molar-refractivity contribution in [2.75, 3.05) is 6.61 Å². The number of ether oxygens (including phenoxy) is 1. The van der Waals surface area contributed by atoms with Crippen molar-refractivity contribution in [2.24, 2.45) is 5.73 Å². The van der Waals surface area contributed by atoms with Gasteiger partial charge >= 0.3 is 0 Å². The number of halogens is 1. The maximum absolute atomic E-state index is 10.4. The standard InChI is InChI=1S/C9H10BrNO2/c10-7-3-1-2-4-8(7)13-6-5-9(11)12/h1-4H,5-6H2,(H2,11,12). The van der Waals surface area contributed by atoms with Gasteiger partial charge in [-0.2, -0.15) is 0 Å². The van der Waals surface area contributed by atoms with E-state index in [0.717, 1.165) is 10.2 Å². The van der Waals surface area contributed by atoms with Gasteiger partial charge in [-0.25, -0.2) is 0 Å². The van der Waals surface area contributed by atoms with Crippen LogP contribution < -0.4 is 10.5 Å². The van der Waals surface area contributed by atoms with E-state index in [1.54, 1.807) is 0 Å². The first-order valence-electron chi connectivity index (χ1n) is 3.86. The number of primary amides is 1. The molecule has 0 fully saturated rings. The molecule has 1 aromatic carbocycles. The van der Waals surface area contributed by atoms with Gasteiger partial charge in [-0.3, -0.25) is 4.79 Å². The first kappa shape index (κ1) is 10.1. The average Bonchev–Trinajstić information content (AvgIpc) is 2.08. The lowest BCUT2D eigenvalue weighted by molar-refractivity contribution is -0.118. The van der Waals surface area contributed by atoms with Crippen molar-refractivity contribution in [1.29, 1.82) is 0 Å². The Morgan fingerprint density at radius 3 is 2.77 bits per heavy atom. The Bertz CT molecular complexity index is 301. The number of rotatable bonds is 4. The molecule has 1 amide bonds. The largest absolute Gasteiger partial charge is 0.492 e. The minimum Gasteiger partial charge on any atom is -0.492 e. The lowest BCUT2D eigenvalue weighted by Crippen LogP contribution is -2.14. The summed E-state index contributed by atoms with van der Waals surface area (Å²) in [5.41, 5.74) is 4.96. The predicted octanol–water partition coefficient (Wildman–Crippen LogP) is 1.70. The molecule has 0 aliphatic carbocycles. The zero-order valence-corrected chi connectivity index (χ0v) is 8.58. The monoisotopic (exact) mass is 243 g/mol. The van der Waals surface area contributed by atoms with Crippen LogP contribution in [0.1, 0.15) is 6.42 Å². The van der Waals surface area contributed by atoms with Crippen LogP contribution in [0.3, 0.4) is 0 Å². The van der Waals surface area contributed by atoms with Crippen molar-refractivity contribution in [1.82, 2.24) is 0 Å². The maximum Gasteiger partial charge on any atom is 0.220 e. The number of para-hydroxylation sites is 1. The summed E-state index contributed by atoms with van der Waals surface area (Å²) < 4.78 is 6.17. The van der Waals surface area contributed by atoms with Crippen molar-refractivity contribution in [3.63, 3.8) is 0 Å². The van der Waals surface area contributed by atoms with E-state index in [4.69, 9.17) is 10.5 Å². The van der Waals surface area contributed by atoms with Gasteiger partial charge in [0.05, 0.1) is 17.5 Å². The molecule has 0 aromatic heterocycles. The van der Waals surface area contributed by atoms with Crippen molar-refractivity contribution < 1.29 is 9.53 Å². The van der Waals surface area contributed by atoms with Crippen molar-refractivity contribution in [3.8, 4) is 5.75 Å². The maximum atomic E-state index is 10.4. The van der Waals surface area contributed by atoms with Gasteiger partial charge in [0.1, 0.15) is 5.75 Å². The summed E-state index contributed by atoms with van der Waals surface area (Å²) in [4.78, 5) is 10.4. The lowest BCUT2D eigenvalue weighted by Gasteiger charge is -2.05. The van der Waals surface area contributed by atoms with Crippen LogP contribution in [0.2, 0.25) is 0 Å². The van der Waals surface area contributed by atoms with E-state index in [1.807, 2.05) is 24.3 Å². The molecule has 1 aromatic rings. The smallest absolute Gasteiger partial charge is 0.220 e. The molecule has 0 heterocycles. The first-order chi connectivity index (χ1) is 6.20. The molecular weight excluding hydrogens is 234 g/mol. The molecule has 0 bridgehead atoms. The van der Waals surface area contributed by atoms with E-state index in [9.17, 15) is 4.79 Å². The van der Waals surface area contributed by atoms with E-state index in [1.165, 1.54) is 0 Å². The molecule has 1 rings (SSSR count). The molecule has 0 atom stereocenters. The van der Waals surface area contributed by atoms with Crippen LogP contribution in [0.25, 0.3) is 0 Å². The minimum atomic E-state index is -0.355. The molecule has 0 unspecified atom stereocenters. The number of amides is 1. The summed E-state index contributed by atoms with van der Waals surface area (Å²) >= 11 is 3.32. The third-order valence-electron chi connectivity index (χ3n) is 1.44. The van der Waals surface area contributed by atoms with E-state index >= 15 is 0 Å². The fraction of sp³-hybridized carbons (Fsp3) is 0.222. The van der Waals surface area contributed by atoms with Crippen LogP contribution in [0.4, 0.5) is 0 Å². The fourth-order valence-corrected chi connectivity index (χ4v) is 1.22. The fourth-order valence-electron chi connectivity index (χ4n) is 0.823. The summed E-state index contributed by atoms with van der Waals surface area (Å²) in [6.45, 7) is 0.317. The highest BCUT2D eigenvalue weighted by atomic mass is 79.9. The summed E-state index contributed by atoms with van der Waals surface area (Å²) in [5, 5.41) is 0. The number of carbonyl (C=O) groups is 1. The first-order valence-corrected chi connectivity index (χ1v) is 4.65. The molecule has 0 spiro atoms. The zero-order chi connectivity index (χ0) is 9.68. The van der Waals surface area contributed by atoms with Gasteiger partial charge in [0.2, 0.25) is 5.91 Å². The third-order valence-corrected chi connectivity index (χ3v) is 2.10. The lowest BCUT2D eigenvalue weighted by atomic mass is 10.3. The number of hydrogen-bond acceptors (Lipinski definition) is 2. The van der Waals surface area contributed by atoms with Crippen molar-refractivity contribution >= 4 is 21.8 Å². The second-order valence-electron chi connectivity index (χ2n) is 2.50. The van der Waals surface area contributed by atoms with Gasteiger partial charge in [0, 0.05) is 0 Å². The van der Waals surface area contributed by atoms with E-state index < -0.39 is 0 Å². The topological polar surface area (TPSA) is 52.3 Å². The molecule has 0 aliphatic rings. The van der Waals surface area contributed by atoms with Gasteiger partial charge in [-0.1, -0.05) is 12.1 Å². The van der Waals surface area contributed by atoms with Crippen LogP contribution >= 0.6 is 15.9 Å². The molecule has 2 N–H and O–H groups in total. The second kappa shape index (κ2) is 4.87. The normalized spacial score (nSPS) is 9.62. The molecule has 4 heteroatoms. The molecular formula is C9H10BrNO2. The third kappa shape index (κ3) is 3.46. The van der Waals surface area contributed by atoms with E-state index in [-0.39, 0.29) is 12.3 Å². The van der Waals surface area contributed by atoms with E-state index in [2.05, 4.69) is 15.9 Å². The van der Waals surface area contributed by atoms with Crippen molar-refractivity contribution in [3.05, 3.63) is 28.7 Å². The zero-order valence-electron chi connectivity index (χ0n) is 7.00. The molecule has 0 saturated carbocycles. The number of carbonyl (C=O) groups excluding carboxylic acids is 1. The molecule has 0 aliphatic heterocycles. The van der Waals surface area contributed by atoms with Crippen molar-refractivity contribution in [2.45, 2.75) is 6.42 Å². The van der Waals surface area contributed by atoms with Gasteiger partial charge < -0.3 is 10.5 Å². The molecule has 13 heavy (non-hydrogen) atoms. The molecule has 0 saturated heterocycles. The summed E-state index contributed by atoms with van der Waals surface area (Å²) in [5.74, 6) is 0.371. The van der Waals surface area contributed by atoms with Crippen LogP contribution in [0.5, 0.6) is 5.75 Å². The quantitative estimate of drug-likeness (QED) is 0.876. The highest BCUT2D eigenvalue weighted by Gasteiger charge is 1.99. The van der Waals surface area contributed by atoms with Crippen LogP contribution in [-0.4, -0.2) is 12.5 Å². The number of hydrogen-bond donors (Lipinski definition) is 1. The van der Waals surface area contributed by atoms with Crippen LogP contribution in [-0.2, 0) is 4.79 Å². The average molecular weight is 244 g/mol.